The molecular weight excluding hydrogens is 290 g/mol. The third-order valence-electron chi connectivity index (χ3n) is 3.55. The average molecular weight is 309 g/mol. The maximum atomic E-state index is 12.2. The monoisotopic (exact) mass is 309 g/mol. The maximum absolute atomic E-state index is 12.2. The van der Waals surface area contributed by atoms with Gasteiger partial charge in [0.2, 0.25) is 0 Å². The Balaban J connectivity index is 1.46. The van der Waals surface area contributed by atoms with Gasteiger partial charge in [0.05, 0.1) is 12.1 Å². The highest BCUT2D eigenvalue weighted by molar-refractivity contribution is 6.04. The zero-order valence-corrected chi connectivity index (χ0v) is 13.0. The summed E-state index contributed by atoms with van der Waals surface area (Å²) in [5.74, 6) is 0.688. The van der Waals surface area contributed by atoms with Gasteiger partial charge in [-0.15, -0.1) is 0 Å². The van der Waals surface area contributed by atoms with Crippen LogP contribution in [0.5, 0.6) is 5.75 Å². The molecule has 23 heavy (non-hydrogen) atoms. The molecule has 118 valence electrons. The number of para-hydroxylation sites is 1. The van der Waals surface area contributed by atoms with E-state index in [1.54, 1.807) is 0 Å². The third kappa shape index (κ3) is 3.69. The fraction of sp³-hybridized carbons (Fsp3) is 0.222. The largest absolute Gasteiger partial charge is 0.494 e. The van der Waals surface area contributed by atoms with Gasteiger partial charge in [0.1, 0.15) is 5.75 Å². The number of nitrogens with one attached hydrogen (secondary N) is 2. The summed E-state index contributed by atoms with van der Waals surface area (Å²) in [5.41, 5.74) is 2.46. The van der Waals surface area contributed by atoms with E-state index in [2.05, 4.69) is 15.5 Å². The first kappa shape index (κ1) is 15.1. The molecule has 0 bridgehead atoms. The van der Waals surface area contributed by atoms with Crippen LogP contribution < -0.4 is 10.1 Å². The summed E-state index contributed by atoms with van der Waals surface area (Å²) in [6.45, 7) is 3.14. The number of fused-ring (bicyclic) bond motifs is 1. The van der Waals surface area contributed by atoms with Gasteiger partial charge in [-0.05, 0) is 37.1 Å². The molecule has 5 heteroatoms. The summed E-state index contributed by atoms with van der Waals surface area (Å²) in [6, 6.07) is 15.5. The lowest BCUT2D eigenvalue weighted by Crippen LogP contribution is -2.26. The lowest BCUT2D eigenvalue weighted by Gasteiger charge is -2.07. The van der Waals surface area contributed by atoms with Crippen LogP contribution in [0.2, 0.25) is 0 Å². The van der Waals surface area contributed by atoms with Gasteiger partial charge in [-0.1, -0.05) is 30.3 Å². The Labute approximate surface area is 134 Å². The van der Waals surface area contributed by atoms with Crippen LogP contribution in [0, 0.1) is 6.92 Å². The second-order valence-electron chi connectivity index (χ2n) is 5.39. The number of carbonyl (C=O) groups is 1. The molecule has 0 spiro atoms. The SMILES string of the molecule is Cc1cccc(OCCCNC(=O)c2n[nH]c3ccccc23)c1. The standard InChI is InChI=1S/C18H19N3O2/c1-13-6-4-7-14(12-13)23-11-5-10-19-18(22)17-15-8-2-3-9-16(15)20-21-17/h2-4,6-9,12H,5,10-11H2,1H3,(H,19,22)(H,20,21). The van der Waals surface area contributed by atoms with Crippen LogP contribution in [0.4, 0.5) is 0 Å². The molecule has 3 rings (SSSR count). The summed E-state index contributed by atoms with van der Waals surface area (Å²) >= 11 is 0. The van der Waals surface area contributed by atoms with E-state index < -0.39 is 0 Å². The highest BCUT2D eigenvalue weighted by atomic mass is 16.5. The Kier molecular flexibility index (Phi) is 4.57. The molecule has 3 aromatic rings. The maximum Gasteiger partial charge on any atom is 0.272 e. The number of hydrogen-bond acceptors (Lipinski definition) is 3. The normalized spacial score (nSPS) is 10.7. The molecule has 2 aromatic carbocycles. The van der Waals surface area contributed by atoms with E-state index in [1.807, 2.05) is 55.5 Å². The second-order valence-corrected chi connectivity index (χ2v) is 5.39. The van der Waals surface area contributed by atoms with Crippen molar-refractivity contribution in [3.8, 4) is 5.75 Å². The first-order valence-electron chi connectivity index (χ1n) is 7.65. The molecule has 0 atom stereocenters. The van der Waals surface area contributed by atoms with Crippen molar-refractivity contribution in [3.05, 3.63) is 59.8 Å². The number of amides is 1. The molecule has 2 N–H and O–H groups in total. The van der Waals surface area contributed by atoms with Gasteiger partial charge in [0.25, 0.3) is 5.91 Å². The molecule has 0 radical (unpaired) electrons. The fourth-order valence-corrected chi connectivity index (χ4v) is 2.39. The quantitative estimate of drug-likeness (QED) is 0.688. The first-order valence-corrected chi connectivity index (χ1v) is 7.65. The van der Waals surface area contributed by atoms with E-state index in [-0.39, 0.29) is 5.91 Å². The highest BCUT2D eigenvalue weighted by Gasteiger charge is 2.12. The van der Waals surface area contributed by atoms with E-state index in [4.69, 9.17) is 4.74 Å². The van der Waals surface area contributed by atoms with Crippen molar-refractivity contribution in [1.29, 1.82) is 0 Å². The van der Waals surface area contributed by atoms with Crippen LogP contribution in [-0.2, 0) is 0 Å². The first-order chi connectivity index (χ1) is 11.2. The molecule has 0 saturated heterocycles. The molecule has 1 aromatic heterocycles. The van der Waals surface area contributed by atoms with Crippen LogP contribution in [0.1, 0.15) is 22.5 Å². The van der Waals surface area contributed by atoms with Gasteiger partial charge in [0, 0.05) is 11.9 Å². The van der Waals surface area contributed by atoms with E-state index in [0.29, 0.717) is 18.8 Å². The lowest BCUT2D eigenvalue weighted by molar-refractivity contribution is 0.0948. The van der Waals surface area contributed by atoms with E-state index in [9.17, 15) is 4.79 Å². The molecule has 5 nitrogen and oxygen atoms in total. The van der Waals surface area contributed by atoms with Crippen molar-refractivity contribution in [2.45, 2.75) is 13.3 Å². The van der Waals surface area contributed by atoms with Crippen LogP contribution in [-0.4, -0.2) is 29.3 Å². The van der Waals surface area contributed by atoms with Crippen molar-refractivity contribution < 1.29 is 9.53 Å². The van der Waals surface area contributed by atoms with Gasteiger partial charge in [-0.3, -0.25) is 9.89 Å². The predicted molar refractivity (Wildman–Crippen MR) is 89.7 cm³/mol. The Hall–Kier alpha value is -2.82. The minimum atomic E-state index is -0.169. The van der Waals surface area contributed by atoms with Crippen molar-refractivity contribution in [2.24, 2.45) is 0 Å². The highest BCUT2D eigenvalue weighted by Crippen LogP contribution is 2.15. The number of aromatic amines is 1. The molecule has 0 saturated carbocycles. The molecule has 0 aliphatic carbocycles. The Morgan fingerprint density at radius 2 is 2.09 bits per heavy atom. The van der Waals surface area contributed by atoms with Gasteiger partial charge in [0.15, 0.2) is 5.69 Å². The average Bonchev–Trinajstić information content (AvgIpc) is 2.98. The summed E-state index contributed by atoms with van der Waals surface area (Å²) in [4.78, 5) is 12.2. The lowest BCUT2D eigenvalue weighted by atomic mass is 10.2. The second kappa shape index (κ2) is 6.96. The third-order valence-corrected chi connectivity index (χ3v) is 3.55. The van der Waals surface area contributed by atoms with Crippen molar-refractivity contribution >= 4 is 16.8 Å². The molecule has 0 aliphatic heterocycles. The minimum Gasteiger partial charge on any atom is -0.494 e. The Morgan fingerprint density at radius 1 is 1.22 bits per heavy atom. The van der Waals surface area contributed by atoms with Gasteiger partial charge < -0.3 is 10.1 Å². The van der Waals surface area contributed by atoms with Crippen molar-refractivity contribution in [3.63, 3.8) is 0 Å². The fourth-order valence-electron chi connectivity index (χ4n) is 2.39. The van der Waals surface area contributed by atoms with E-state index >= 15 is 0 Å². The van der Waals surface area contributed by atoms with Crippen LogP contribution in [0.3, 0.4) is 0 Å². The summed E-state index contributed by atoms with van der Waals surface area (Å²) in [5, 5.41) is 10.7. The molecular formula is C18H19N3O2. The summed E-state index contributed by atoms with van der Waals surface area (Å²) in [7, 11) is 0. The van der Waals surface area contributed by atoms with Crippen molar-refractivity contribution in [1.82, 2.24) is 15.5 Å². The number of nitrogens with zero attached hydrogens (tertiary/aromatic N) is 1. The number of rotatable bonds is 6. The van der Waals surface area contributed by atoms with E-state index in [1.165, 1.54) is 5.56 Å². The van der Waals surface area contributed by atoms with Crippen LogP contribution in [0.25, 0.3) is 10.9 Å². The van der Waals surface area contributed by atoms with Crippen LogP contribution in [0.15, 0.2) is 48.5 Å². The number of aryl methyl sites for hydroxylation is 1. The van der Waals surface area contributed by atoms with Gasteiger partial charge >= 0.3 is 0 Å². The summed E-state index contributed by atoms with van der Waals surface area (Å²) < 4.78 is 5.66. The number of ether oxygens (including phenoxy) is 1. The molecule has 0 unspecified atom stereocenters. The number of hydrogen-bond donors (Lipinski definition) is 2. The van der Waals surface area contributed by atoms with Crippen LogP contribution >= 0.6 is 0 Å². The zero-order valence-electron chi connectivity index (χ0n) is 13.0. The minimum absolute atomic E-state index is 0.169. The smallest absolute Gasteiger partial charge is 0.272 e. The van der Waals surface area contributed by atoms with Gasteiger partial charge in [-0.25, -0.2) is 0 Å². The predicted octanol–water partition coefficient (Wildman–Crippen LogP) is 3.07. The molecule has 0 aliphatic rings. The Morgan fingerprint density at radius 3 is 2.96 bits per heavy atom. The molecule has 0 fully saturated rings. The van der Waals surface area contributed by atoms with Gasteiger partial charge in [-0.2, -0.15) is 5.10 Å². The topological polar surface area (TPSA) is 67.0 Å². The number of benzene rings is 2. The Bertz CT molecular complexity index is 811. The number of carbonyl (C=O) groups excluding carboxylic acids is 1. The van der Waals surface area contributed by atoms with Crippen molar-refractivity contribution in [2.75, 3.05) is 13.2 Å². The molecule has 1 amide bonds. The van der Waals surface area contributed by atoms with E-state index in [0.717, 1.165) is 23.1 Å². The summed E-state index contributed by atoms with van der Waals surface area (Å²) in [6.07, 6.45) is 0.738. The number of H-pyrrole nitrogens is 1. The molecule has 1 heterocycles. The zero-order chi connectivity index (χ0) is 16.1. The number of aromatic nitrogens is 2.